The monoisotopic (exact) mass is 264 g/mol. The lowest BCUT2D eigenvalue weighted by Crippen LogP contribution is -2.62. The Hall–Kier alpha value is -1.40. The maximum Gasteiger partial charge on any atom is 0.312 e. The van der Waals surface area contributed by atoms with Gasteiger partial charge in [-0.05, 0) is 25.8 Å². The summed E-state index contributed by atoms with van der Waals surface area (Å²) in [5.41, 5.74) is -0.622. The van der Waals surface area contributed by atoms with Gasteiger partial charge in [-0.2, -0.15) is 0 Å². The summed E-state index contributed by atoms with van der Waals surface area (Å²) in [5.74, 6) is 0.247. The third-order valence-electron chi connectivity index (χ3n) is 4.45. The van der Waals surface area contributed by atoms with Crippen LogP contribution in [0.3, 0.4) is 0 Å². The molecule has 2 atom stereocenters. The number of nitrogens with one attached hydrogen (secondary N) is 2. The molecule has 2 aliphatic rings. The van der Waals surface area contributed by atoms with Crippen molar-refractivity contribution >= 4 is 5.97 Å². The number of carboxylic acid groups (broad SMARTS) is 1. The molecule has 0 bridgehead atoms. The van der Waals surface area contributed by atoms with Crippen molar-refractivity contribution in [2.45, 2.75) is 31.8 Å². The number of hydrogen-bond acceptors (Lipinski definition) is 4. The van der Waals surface area contributed by atoms with E-state index < -0.39 is 11.4 Å². The van der Waals surface area contributed by atoms with E-state index in [4.69, 9.17) is 0 Å². The molecule has 2 fully saturated rings. The topological polar surface area (TPSA) is 81.2 Å². The van der Waals surface area contributed by atoms with Crippen LogP contribution in [0.4, 0.5) is 0 Å². The van der Waals surface area contributed by atoms with Crippen LogP contribution in [0.1, 0.15) is 25.1 Å². The van der Waals surface area contributed by atoms with Crippen molar-refractivity contribution in [2.24, 2.45) is 5.41 Å². The van der Waals surface area contributed by atoms with E-state index in [2.05, 4.69) is 20.2 Å². The van der Waals surface area contributed by atoms with Gasteiger partial charge >= 0.3 is 5.97 Å². The van der Waals surface area contributed by atoms with Crippen molar-refractivity contribution in [3.05, 3.63) is 18.2 Å². The quantitative estimate of drug-likeness (QED) is 0.738. The number of piperidine rings is 2. The number of H-pyrrole nitrogens is 1. The highest BCUT2D eigenvalue weighted by Gasteiger charge is 2.50. The first-order valence-corrected chi connectivity index (χ1v) is 6.88. The van der Waals surface area contributed by atoms with Gasteiger partial charge in [0.2, 0.25) is 0 Å². The summed E-state index contributed by atoms with van der Waals surface area (Å²) < 4.78 is 0. The second-order valence-corrected chi connectivity index (χ2v) is 5.61. The predicted octanol–water partition coefficient (Wildman–Crippen LogP) is 0.438. The Balaban J connectivity index is 1.75. The number of aliphatic carboxylic acids is 1. The molecule has 104 valence electrons. The Labute approximate surface area is 112 Å². The first-order chi connectivity index (χ1) is 9.21. The SMILES string of the molecule is O=C(O)[C@]12CCCN[C@@H]1CCN(Cc1ncc[nH]1)C2. The summed E-state index contributed by atoms with van der Waals surface area (Å²) in [6.07, 6.45) is 6.15. The van der Waals surface area contributed by atoms with Gasteiger partial charge in [-0.3, -0.25) is 9.69 Å². The molecular weight excluding hydrogens is 244 g/mol. The van der Waals surface area contributed by atoms with Crippen molar-refractivity contribution in [1.82, 2.24) is 20.2 Å². The average Bonchev–Trinajstić information content (AvgIpc) is 2.91. The number of likely N-dealkylation sites (tertiary alicyclic amines) is 1. The Morgan fingerprint density at radius 3 is 3.26 bits per heavy atom. The number of aromatic amines is 1. The van der Waals surface area contributed by atoms with Crippen molar-refractivity contribution in [1.29, 1.82) is 0 Å². The first kappa shape index (κ1) is 12.6. The van der Waals surface area contributed by atoms with Gasteiger partial charge in [0.25, 0.3) is 0 Å². The molecule has 3 N–H and O–H groups in total. The number of fused-ring (bicyclic) bond motifs is 1. The molecular formula is C13H20N4O2. The minimum absolute atomic E-state index is 0.117. The van der Waals surface area contributed by atoms with Crippen LogP contribution in [-0.4, -0.2) is 51.6 Å². The van der Waals surface area contributed by atoms with Crippen LogP contribution in [0.2, 0.25) is 0 Å². The summed E-state index contributed by atoms with van der Waals surface area (Å²) in [6.45, 7) is 3.18. The zero-order chi connectivity index (χ0) is 13.3. The van der Waals surface area contributed by atoms with Crippen molar-refractivity contribution < 1.29 is 9.90 Å². The third-order valence-corrected chi connectivity index (χ3v) is 4.45. The molecule has 2 saturated heterocycles. The van der Waals surface area contributed by atoms with Crippen LogP contribution < -0.4 is 5.32 Å². The van der Waals surface area contributed by atoms with Gasteiger partial charge in [0.05, 0.1) is 12.0 Å². The molecule has 0 saturated carbocycles. The molecule has 0 amide bonds. The van der Waals surface area contributed by atoms with E-state index in [0.29, 0.717) is 13.1 Å². The van der Waals surface area contributed by atoms with Crippen LogP contribution in [-0.2, 0) is 11.3 Å². The minimum atomic E-state index is -0.658. The van der Waals surface area contributed by atoms with E-state index in [0.717, 1.165) is 38.2 Å². The maximum absolute atomic E-state index is 11.8. The van der Waals surface area contributed by atoms with Gasteiger partial charge in [-0.1, -0.05) is 0 Å². The molecule has 19 heavy (non-hydrogen) atoms. The summed E-state index contributed by atoms with van der Waals surface area (Å²) in [7, 11) is 0. The van der Waals surface area contributed by atoms with E-state index in [1.54, 1.807) is 12.4 Å². The van der Waals surface area contributed by atoms with E-state index >= 15 is 0 Å². The molecule has 1 aromatic heterocycles. The molecule has 0 radical (unpaired) electrons. The second-order valence-electron chi connectivity index (χ2n) is 5.61. The molecule has 3 heterocycles. The maximum atomic E-state index is 11.8. The molecule has 0 aromatic carbocycles. The van der Waals surface area contributed by atoms with Gasteiger partial charge in [0.15, 0.2) is 0 Å². The molecule has 2 aliphatic heterocycles. The summed E-state index contributed by atoms with van der Waals surface area (Å²) in [5, 5.41) is 13.1. The van der Waals surface area contributed by atoms with E-state index in [9.17, 15) is 9.90 Å². The van der Waals surface area contributed by atoms with Crippen LogP contribution in [0, 0.1) is 5.41 Å². The first-order valence-electron chi connectivity index (χ1n) is 6.88. The van der Waals surface area contributed by atoms with Crippen molar-refractivity contribution in [2.75, 3.05) is 19.6 Å². The summed E-state index contributed by atoms with van der Waals surface area (Å²) in [4.78, 5) is 21.3. The number of hydrogen-bond donors (Lipinski definition) is 3. The van der Waals surface area contributed by atoms with Crippen molar-refractivity contribution in [3.63, 3.8) is 0 Å². The van der Waals surface area contributed by atoms with Crippen LogP contribution in [0.5, 0.6) is 0 Å². The van der Waals surface area contributed by atoms with Gasteiger partial charge in [-0.15, -0.1) is 0 Å². The molecule has 6 nitrogen and oxygen atoms in total. The molecule has 3 rings (SSSR count). The Morgan fingerprint density at radius 2 is 2.53 bits per heavy atom. The zero-order valence-corrected chi connectivity index (χ0v) is 10.9. The molecule has 0 aliphatic carbocycles. The zero-order valence-electron chi connectivity index (χ0n) is 10.9. The highest BCUT2D eigenvalue weighted by Crippen LogP contribution is 2.38. The Bertz CT molecular complexity index is 448. The van der Waals surface area contributed by atoms with Gasteiger partial charge in [0, 0.05) is 31.5 Å². The van der Waals surface area contributed by atoms with Gasteiger partial charge in [0.1, 0.15) is 5.82 Å². The fourth-order valence-electron chi connectivity index (χ4n) is 3.46. The number of imidazole rings is 1. The lowest BCUT2D eigenvalue weighted by molar-refractivity contribution is -0.157. The molecule has 0 spiro atoms. The number of carboxylic acids is 1. The fraction of sp³-hybridized carbons (Fsp3) is 0.692. The minimum Gasteiger partial charge on any atom is -0.481 e. The summed E-state index contributed by atoms with van der Waals surface area (Å²) >= 11 is 0. The van der Waals surface area contributed by atoms with E-state index in [1.807, 2.05) is 0 Å². The normalized spacial score (nSPS) is 31.9. The predicted molar refractivity (Wildman–Crippen MR) is 69.6 cm³/mol. The van der Waals surface area contributed by atoms with Crippen LogP contribution >= 0.6 is 0 Å². The molecule has 1 aromatic rings. The van der Waals surface area contributed by atoms with E-state index in [-0.39, 0.29) is 6.04 Å². The van der Waals surface area contributed by atoms with Gasteiger partial charge in [-0.25, -0.2) is 4.98 Å². The third kappa shape index (κ3) is 2.26. The lowest BCUT2D eigenvalue weighted by atomic mass is 9.70. The summed E-state index contributed by atoms with van der Waals surface area (Å²) in [6, 6.07) is 0.117. The highest BCUT2D eigenvalue weighted by atomic mass is 16.4. The number of aromatic nitrogens is 2. The average molecular weight is 264 g/mol. The second kappa shape index (κ2) is 4.94. The Kier molecular flexibility index (Phi) is 3.28. The van der Waals surface area contributed by atoms with Crippen molar-refractivity contribution in [3.8, 4) is 0 Å². The van der Waals surface area contributed by atoms with Crippen LogP contribution in [0.25, 0.3) is 0 Å². The largest absolute Gasteiger partial charge is 0.481 e. The highest BCUT2D eigenvalue weighted by molar-refractivity contribution is 5.76. The van der Waals surface area contributed by atoms with Crippen LogP contribution in [0.15, 0.2) is 12.4 Å². The number of nitrogens with zero attached hydrogens (tertiary/aromatic N) is 2. The standard InChI is InChI=1S/C13H20N4O2/c18-12(19)13-3-1-4-14-10(13)2-7-17(9-13)8-11-15-5-6-16-11/h5-6,10,14H,1-4,7-9H2,(H,15,16)(H,18,19)/t10-,13+/m1/s1. The molecule has 0 unspecified atom stereocenters. The number of carbonyl (C=O) groups is 1. The van der Waals surface area contributed by atoms with E-state index in [1.165, 1.54) is 0 Å². The fourth-order valence-corrected chi connectivity index (χ4v) is 3.46. The molecule has 6 heteroatoms. The Morgan fingerprint density at radius 1 is 1.63 bits per heavy atom. The number of rotatable bonds is 3. The smallest absolute Gasteiger partial charge is 0.312 e. The lowest BCUT2D eigenvalue weighted by Gasteiger charge is -2.48. The van der Waals surface area contributed by atoms with Gasteiger partial charge < -0.3 is 15.4 Å².